The van der Waals surface area contributed by atoms with Gasteiger partial charge in [0.15, 0.2) is 0 Å². The summed E-state index contributed by atoms with van der Waals surface area (Å²) in [6, 6.07) is 8.80. The molecule has 3 N–H and O–H groups in total. The van der Waals surface area contributed by atoms with E-state index in [4.69, 9.17) is 19.9 Å². The van der Waals surface area contributed by atoms with Crippen molar-refractivity contribution in [2.45, 2.75) is 12.8 Å². The minimum Gasteiger partial charge on any atom is -0.441 e. The lowest BCUT2D eigenvalue weighted by Gasteiger charge is -2.28. The Morgan fingerprint density at radius 1 is 1.37 bits per heavy atom. The van der Waals surface area contributed by atoms with Gasteiger partial charge in [0.2, 0.25) is 0 Å². The van der Waals surface area contributed by atoms with Crippen molar-refractivity contribution in [1.82, 2.24) is 5.32 Å². The molecule has 1 rings (SSSR count). The SMILES string of the molecule is CCOC(N)(Oc1ccccc1)C(=O)NCCOC. The normalized spacial score (nSPS) is 13.6. The second kappa shape index (κ2) is 7.73. The molecule has 0 saturated carbocycles. The molecule has 106 valence electrons. The van der Waals surface area contributed by atoms with E-state index < -0.39 is 11.8 Å². The molecule has 0 fully saturated rings. The largest absolute Gasteiger partial charge is 0.441 e. The van der Waals surface area contributed by atoms with Crippen LogP contribution in [-0.2, 0) is 14.3 Å². The fourth-order valence-corrected chi connectivity index (χ4v) is 1.41. The van der Waals surface area contributed by atoms with E-state index in [1.165, 1.54) is 0 Å². The fraction of sp³-hybridized carbons (Fsp3) is 0.462. The third-order valence-corrected chi connectivity index (χ3v) is 2.28. The molecule has 0 spiro atoms. The third-order valence-electron chi connectivity index (χ3n) is 2.28. The zero-order valence-electron chi connectivity index (χ0n) is 11.2. The van der Waals surface area contributed by atoms with Crippen LogP contribution in [0.15, 0.2) is 30.3 Å². The molecule has 0 aliphatic rings. The predicted octanol–water partition coefficient (Wildman–Crippen LogP) is 0.477. The number of benzene rings is 1. The quantitative estimate of drug-likeness (QED) is 0.529. The number of hydrogen-bond donors (Lipinski definition) is 2. The minimum atomic E-state index is -1.84. The highest BCUT2D eigenvalue weighted by atomic mass is 16.7. The highest BCUT2D eigenvalue weighted by molar-refractivity contribution is 5.83. The maximum absolute atomic E-state index is 12.0. The molecule has 1 aromatic rings. The van der Waals surface area contributed by atoms with Gasteiger partial charge < -0.3 is 19.5 Å². The summed E-state index contributed by atoms with van der Waals surface area (Å²) < 4.78 is 15.5. The van der Waals surface area contributed by atoms with Crippen LogP contribution < -0.4 is 15.8 Å². The monoisotopic (exact) mass is 268 g/mol. The van der Waals surface area contributed by atoms with E-state index >= 15 is 0 Å². The van der Waals surface area contributed by atoms with Gasteiger partial charge in [-0.2, -0.15) is 0 Å². The van der Waals surface area contributed by atoms with E-state index in [1.807, 2.05) is 6.07 Å². The predicted molar refractivity (Wildman–Crippen MR) is 70.5 cm³/mol. The third kappa shape index (κ3) is 4.86. The van der Waals surface area contributed by atoms with Gasteiger partial charge in [-0.3, -0.25) is 10.5 Å². The zero-order chi connectivity index (χ0) is 14.1. The molecule has 1 atom stereocenters. The average molecular weight is 268 g/mol. The Morgan fingerprint density at radius 3 is 2.63 bits per heavy atom. The molecule has 1 unspecified atom stereocenters. The molecule has 0 aromatic heterocycles. The van der Waals surface area contributed by atoms with E-state index in [9.17, 15) is 4.79 Å². The first-order valence-corrected chi connectivity index (χ1v) is 6.06. The zero-order valence-corrected chi connectivity index (χ0v) is 11.2. The first-order chi connectivity index (χ1) is 9.12. The van der Waals surface area contributed by atoms with Gasteiger partial charge in [-0.25, -0.2) is 0 Å². The molecule has 1 amide bonds. The first kappa shape index (κ1) is 15.4. The molecule has 0 aliphatic carbocycles. The lowest BCUT2D eigenvalue weighted by atomic mass is 10.3. The first-order valence-electron chi connectivity index (χ1n) is 6.06. The van der Waals surface area contributed by atoms with Crippen molar-refractivity contribution in [2.24, 2.45) is 5.73 Å². The van der Waals surface area contributed by atoms with Gasteiger partial charge in [0.25, 0.3) is 0 Å². The summed E-state index contributed by atoms with van der Waals surface area (Å²) >= 11 is 0. The van der Waals surface area contributed by atoms with Gasteiger partial charge in [0, 0.05) is 13.7 Å². The molecule has 0 heterocycles. The Balaban J connectivity index is 2.69. The minimum absolute atomic E-state index is 0.251. The molecule has 0 radical (unpaired) electrons. The second-order valence-corrected chi connectivity index (χ2v) is 3.76. The second-order valence-electron chi connectivity index (χ2n) is 3.76. The Bertz CT molecular complexity index is 385. The maximum Gasteiger partial charge on any atom is 0.351 e. The van der Waals surface area contributed by atoms with E-state index in [0.29, 0.717) is 18.9 Å². The van der Waals surface area contributed by atoms with Crippen LogP contribution in [0.2, 0.25) is 0 Å². The molecule has 0 aliphatic heterocycles. The number of methoxy groups -OCH3 is 1. The average Bonchev–Trinajstić information content (AvgIpc) is 2.40. The molecular weight excluding hydrogens is 248 g/mol. The summed E-state index contributed by atoms with van der Waals surface area (Å²) in [6.07, 6.45) is 0. The Hall–Kier alpha value is -1.63. The van der Waals surface area contributed by atoms with Crippen LogP contribution in [0.4, 0.5) is 0 Å². The highest BCUT2D eigenvalue weighted by Gasteiger charge is 2.37. The molecule has 6 heteroatoms. The number of carbonyl (C=O) groups is 1. The Labute approximate surface area is 112 Å². The molecule has 0 bridgehead atoms. The lowest BCUT2D eigenvalue weighted by Crippen LogP contribution is -2.60. The smallest absolute Gasteiger partial charge is 0.351 e. The lowest BCUT2D eigenvalue weighted by molar-refractivity contribution is -0.192. The standard InChI is InChI=1S/C13H20N2O4/c1-3-18-13(14,12(16)15-9-10-17-2)19-11-7-5-4-6-8-11/h4-8H,3,9-10,14H2,1-2H3,(H,15,16). The highest BCUT2D eigenvalue weighted by Crippen LogP contribution is 2.16. The van der Waals surface area contributed by atoms with Gasteiger partial charge in [0.1, 0.15) is 5.75 Å². The Kier molecular flexibility index (Phi) is 6.27. The maximum atomic E-state index is 12.0. The van der Waals surface area contributed by atoms with Crippen LogP contribution >= 0.6 is 0 Å². The van der Waals surface area contributed by atoms with Crippen LogP contribution in [0.3, 0.4) is 0 Å². The van der Waals surface area contributed by atoms with E-state index in [2.05, 4.69) is 5.32 Å². The number of ether oxygens (including phenoxy) is 3. The van der Waals surface area contributed by atoms with Crippen molar-refractivity contribution in [2.75, 3.05) is 26.9 Å². The number of rotatable bonds is 8. The number of amides is 1. The van der Waals surface area contributed by atoms with E-state index in [0.717, 1.165) is 0 Å². The van der Waals surface area contributed by atoms with Gasteiger partial charge in [-0.15, -0.1) is 0 Å². The van der Waals surface area contributed by atoms with Crippen molar-refractivity contribution >= 4 is 5.91 Å². The van der Waals surface area contributed by atoms with Crippen LogP contribution in [0.25, 0.3) is 0 Å². The van der Waals surface area contributed by atoms with E-state index in [-0.39, 0.29) is 6.61 Å². The number of nitrogens with one attached hydrogen (secondary N) is 1. The Morgan fingerprint density at radius 2 is 2.05 bits per heavy atom. The van der Waals surface area contributed by atoms with Crippen LogP contribution in [-0.4, -0.2) is 38.7 Å². The van der Waals surface area contributed by atoms with Crippen LogP contribution in [0, 0.1) is 0 Å². The van der Waals surface area contributed by atoms with Crippen molar-refractivity contribution in [3.63, 3.8) is 0 Å². The van der Waals surface area contributed by atoms with Gasteiger partial charge in [-0.05, 0) is 19.1 Å². The van der Waals surface area contributed by atoms with E-state index in [1.54, 1.807) is 38.3 Å². The van der Waals surface area contributed by atoms with Crippen molar-refractivity contribution < 1.29 is 19.0 Å². The van der Waals surface area contributed by atoms with Crippen molar-refractivity contribution in [3.8, 4) is 5.75 Å². The number of para-hydroxylation sites is 1. The summed E-state index contributed by atoms with van der Waals surface area (Å²) in [4.78, 5) is 12.0. The molecule has 6 nitrogen and oxygen atoms in total. The summed E-state index contributed by atoms with van der Waals surface area (Å²) in [5, 5.41) is 2.59. The number of hydrogen-bond acceptors (Lipinski definition) is 5. The molecule has 1 aromatic carbocycles. The van der Waals surface area contributed by atoms with Gasteiger partial charge in [-0.1, -0.05) is 18.2 Å². The van der Waals surface area contributed by atoms with Crippen LogP contribution in [0.1, 0.15) is 6.92 Å². The van der Waals surface area contributed by atoms with Crippen molar-refractivity contribution in [3.05, 3.63) is 30.3 Å². The number of nitrogens with two attached hydrogens (primary N) is 1. The van der Waals surface area contributed by atoms with Crippen molar-refractivity contribution in [1.29, 1.82) is 0 Å². The van der Waals surface area contributed by atoms with Gasteiger partial charge >= 0.3 is 11.8 Å². The summed E-state index contributed by atoms with van der Waals surface area (Å²) in [5.41, 5.74) is 5.87. The summed E-state index contributed by atoms with van der Waals surface area (Å²) in [7, 11) is 1.55. The van der Waals surface area contributed by atoms with Gasteiger partial charge in [0.05, 0.1) is 13.2 Å². The summed E-state index contributed by atoms with van der Waals surface area (Å²) in [5.74, 6) is -1.93. The molecule has 19 heavy (non-hydrogen) atoms. The fourth-order valence-electron chi connectivity index (χ4n) is 1.41. The van der Waals surface area contributed by atoms with Crippen LogP contribution in [0.5, 0.6) is 5.75 Å². The molecular formula is C13H20N2O4. The number of carbonyl (C=O) groups excluding carboxylic acids is 1. The topological polar surface area (TPSA) is 82.8 Å². The summed E-state index contributed by atoms with van der Waals surface area (Å²) in [6.45, 7) is 2.71. The molecule has 0 saturated heterocycles.